The maximum Gasteiger partial charge on any atom is 1.00 e. The Bertz CT molecular complexity index is 877. The minimum Gasteiger partial charge on any atom is -0.344 e. The molecule has 1 atom stereocenters. The minimum atomic E-state index is -3.08. The van der Waals surface area contributed by atoms with Gasteiger partial charge in [-0.2, -0.15) is 5.26 Å². The summed E-state index contributed by atoms with van der Waals surface area (Å²) >= 11 is 0. The third kappa shape index (κ3) is 4.65. The van der Waals surface area contributed by atoms with Gasteiger partial charge in [-0.3, -0.25) is 9.59 Å². The van der Waals surface area contributed by atoms with Crippen LogP contribution in [0.2, 0.25) is 0 Å². The van der Waals surface area contributed by atoms with Crippen molar-refractivity contribution in [3.63, 3.8) is 0 Å². The van der Waals surface area contributed by atoms with E-state index in [1.165, 1.54) is 0 Å². The van der Waals surface area contributed by atoms with Crippen LogP contribution in [0.3, 0.4) is 0 Å². The molecule has 1 heterocycles. The van der Waals surface area contributed by atoms with Crippen LogP contribution in [-0.2, 0) is 4.79 Å². The van der Waals surface area contributed by atoms with E-state index in [4.69, 9.17) is 5.26 Å². The minimum absolute atomic E-state index is 0. The van der Waals surface area contributed by atoms with Gasteiger partial charge in [-0.15, -0.1) is 41.8 Å². The molecule has 1 fully saturated rings. The fourth-order valence-corrected chi connectivity index (χ4v) is 2.90. The van der Waals surface area contributed by atoms with Gasteiger partial charge in [0.25, 0.3) is 5.92 Å². The van der Waals surface area contributed by atoms with Crippen molar-refractivity contribution in [2.75, 3.05) is 13.1 Å². The molecule has 2 amide bonds. The van der Waals surface area contributed by atoms with Crippen LogP contribution in [0.5, 0.6) is 0 Å². The van der Waals surface area contributed by atoms with Crippen LogP contribution >= 0.6 is 0 Å². The number of hydrogen-bond donors (Lipinski definition) is 1. The second-order valence-corrected chi connectivity index (χ2v) is 5.85. The number of nitrogens with one attached hydrogen (secondary N) is 1. The predicted molar refractivity (Wildman–Crippen MR) is 85.8 cm³/mol. The van der Waals surface area contributed by atoms with E-state index in [1.807, 2.05) is 0 Å². The van der Waals surface area contributed by atoms with Gasteiger partial charge in [-0.25, -0.2) is 8.78 Å². The molecule has 2 aromatic rings. The van der Waals surface area contributed by atoms with Gasteiger partial charge < -0.3 is 10.2 Å². The molecule has 1 saturated heterocycles. The van der Waals surface area contributed by atoms with Crippen LogP contribution in [0.4, 0.5) is 8.78 Å². The quantitative estimate of drug-likeness (QED) is 0.588. The molecule has 0 saturated carbocycles. The number of carbonyl (C=O) groups excluding carboxylic acids is 2. The molecule has 0 aliphatic carbocycles. The number of benzene rings is 2. The molecule has 26 heavy (non-hydrogen) atoms. The smallest absolute Gasteiger partial charge is 0.344 e. The molecule has 0 bridgehead atoms. The summed E-state index contributed by atoms with van der Waals surface area (Å²) in [5.74, 6) is -4.27. The Morgan fingerprint density at radius 1 is 1.35 bits per heavy atom. The van der Waals surface area contributed by atoms with Crippen LogP contribution in [0.15, 0.2) is 36.4 Å². The second-order valence-electron chi connectivity index (χ2n) is 5.85. The molecular formula is C18H14CsF2N3O2. The topological polar surface area (TPSA) is 73.2 Å². The number of nitriles is 1. The number of nitrogens with zero attached hydrogens (tertiary/aromatic N) is 2. The van der Waals surface area contributed by atoms with E-state index >= 15 is 0 Å². The summed E-state index contributed by atoms with van der Waals surface area (Å²) in [5.41, 5.74) is 0.366. The Morgan fingerprint density at radius 2 is 2.12 bits per heavy atom. The molecule has 0 radical (unpaired) electrons. The van der Waals surface area contributed by atoms with E-state index in [1.54, 1.807) is 42.5 Å². The van der Waals surface area contributed by atoms with Crippen molar-refractivity contribution in [1.82, 2.24) is 10.2 Å². The van der Waals surface area contributed by atoms with Gasteiger partial charge >= 0.3 is 68.9 Å². The average Bonchev–Trinajstić information content (AvgIpc) is 2.93. The molecule has 3 rings (SSSR count). The van der Waals surface area contributed by atoms with E-state index in [0.29, 0.717) is 10.9 Å². The van der Waals surface area contributed by atoms with Crippen LogP contribution in [0.25, 0.3) is 10.8 Å². The Hall–Kier alpha value is -0.958. The summed E-state index contributed by atoms with van der Waals surface area (Å²) in [6.45, 7) is -1.25. The van der Waals surface area contributed by atoms with Crippen molar-refractivity contribution in [2.45, 2.75) is 18.4 Å². The normalized spacial score (nSPS) is 18.0. The van der Waals surface area contributed by atoms with Crippen molar-refractivity contribution in [2.24, 2.45) is 0 Å². The predicted octanol–water partition coefficient (Wildman–Crippen LogP) is -0.866. The molecule has 0 spiro atoms. The summed E-state index contributed by atoms with van der Waals surface area (Å²) in [6.07, 6.45) is -0.678. The van der Waals surface area contributed by atoms with Crippen LogP contribution in [-0.4, -0.2) is 41.8 Å². The maximum absolute atomic E-state index is 13.4. The summed E-state index contributed by atoms with van der Waals surface area (Å²) < 4.78 is 26.8. The van der Waals surface area contributed by atoms with E-state index < -0.39 is 43.3 Å². The molecule has 8 heteroatoms. The number of fused-ring (bicyclic) bond motifs is 1. The first-order valence-electron chi connectivity index (χ1n) is 7.66. The Labute approximate surface area is 208 Å². The first kappa shape index (κ1) is 21.3. The van der Waals surface area contributed by atoms with E-state index in [0.717, 1.165) is 10.3 Å². The molecule has 1 N–H and O–H groups in total. The zero-order chi connectivity index (χ0) is 18.0. The van der Waals surface area contributed by atoms with Gasteiger partial charge in [0.1, 0.15) is 6.04 Å². The van der Waals surface area contributed by atoms with Gasteiger partial charge in [0, 0.05) is 12.0 Å². The van der Waals surface area contributed by atoms with E-state index in [9.17, 15) is 18.4 Å². The second kappa shape index (κ2) is 8.82. The fraction of sp³-hybridized carbons (Fsp3) is 0.278. The SMILES string of the molecule is N#C[C@@H]1CC(F)(F)CN1C(=O)CNC(=O)c1cccc2[c-]cccc12.[Cs+]. The monoisotopic (exact) mass is 475 g/mol. The number of halogens is 2. The number of likely N-dealkylation sites (tertiary alicyclic amines) is 1. The largest absolute Gasteiger partial charge is 1.00 e. The third-order valence-electron chi connectivity index (χ3n) is 4.09. The van der Waals surface area contributed by atoms with Crippen molar-refractivity contribution < 1.29 is 87.3 Å². The number of alkyl halides is 2. The Balaban J connectivity index is 0.00000243. The van der Waals surface area contributed by atoms with Crippen molar-refractivity contribution in [3.05, 3.63) is 48.0 Å². The van der Waals surface area contributed by atoms with Gasteiger partial charge in [0.05, 0.1) is 19.2 Å². The standard InChI is InChI=1S/C18H14F2N3O2.Cs/c19-18(20)8-13(9-21)23(11-18)16(24)10-22-17(25)15-7-3-5-12-4-1-2-6-14(12)15;/h1-3,5-7,13H,8,10-11H2,(H,22,25);/q-1;+1/t13-;/m0./s1. The number of hydrogen-bond acceptors (Lipinski definition) is 3. The molecule has 128 valence electrons. The third-order valence-corrected chi connectivity index (χ3v) is 4.09. The number of carbonyl (C=O) groups is 2. The number of rotatable bonds is 3. The van der Waals surface area contributed by atoms with Gasteiger partial charge in [0.2, 0.25) is 11.8 Å². The first-order valence-corrected chi connectivity index (χ1v) is 7.66. The van der Waals surface area contributed by atoms with Crippen LogP contribution in [0, 0.1) is 17.4 Å². The summed E-state index contributed by atoms with van der Waals surface area (Å²) in [6, 6.07) is 13.9. The van der Waals surface area contributed by atoms with E-state index in [-0.39, 0.29) is 68.9 Å². The summed E-state index contributed by atoms with van der Waals surface area (Å²) in [7, 11) is 0. The molecule has 2 aromatic carbocycles. The van der Waals surface area contributed by atoms with E-state index in [2.05, 4.69) is 11.4 Å². The average molecular weight is 475 g/mol. The summed E-state index contributed by atoms with van der Waals surface area (Å²) in [4.78, 5) is 25.3. The number of amides is 2. The molecule has 1 aliphatic rings. The fourth-order valence-electron chi connectivity index (χ4n) is 2.90. The molecule has 0 unspecified atom stereocenters. The zero-order valence-corrected chi connectivity index (χ0v) is 20.4. The molecule has 0 aromatic heterocycles. The van der Waals surface area contributed by atoms with Crippen LogP contribution in [0.1, 0.15) is 16.8 Å². The van der Waals surface area contributed by atoms with Crippen LogP contribution < -0.4 is 74.2 Å². The van der Waals surface area contributed by atoms with Gasteiger partial charge in [-0.1, -0.05) is 11.5 Å². The van der Waals surface area contributed by atoms with Crippen molar-refractivity contribution in [3.8, 4) is 6.07 Å². The van der Waals surface area contributed by atoms with Gasteiger partial charge in [-0.05, 0) is 0 Å². The van der Waals surface area contributed by atoms with Crippen molar-refractivity contribution >= 4 is 22.6 Å². The summed E-state index contributed by atoms with van der Waals surface area (Å²) in [5, 5.41) is 12.8. The molecular weight excluding hydrogens is 461 g/mol. The Morgan fingerprint density at radius 3 is 2.85 bits per heavy atom. The zero-order valence-electron chi connectivity index (χ0n) is 14.1. The van der Waals surface area contributed by atoms with Crippen molar-refractivity contribution in [1.29, 1.82) is 5.26 Å². The maximum atomic E-state index is 13.4. The Kier molecular flexibility index (Phi) is 7.24. The molecule has 5 nitrogen and oxygen atoms in total. The first-order chi connectivity index (χ1) is 11.9. The molecule has 1 aliphatic heterocycles. The van der Waals surface area contributed by atoms with Gasteiger partial charge in [0.15, 0.2) is 0 Å².